The molecule has 0 aliphatic rings. The fraction of sp³-hybridized carbons (Fsp3) is 0. The fourth-order valence-electron chi connectivity index (χ4n) is 1.17. The zero-order chi connectivity index (χ0) is 10.8. The number of nitrogens with zero attached hydrogens (tertiary/aromatic N) is 1. The minimum absolute atomic E-state index is 0.0674. The summed E-state index contributed by atoms with van der Waals surface area (Å²) in [7, 11) is 0. The Morgan fingerprint density at radius 1 is 1.33 bits per heavy atom. The molecule has 5 heteroatoms. The smallest absolute Gasteiger partial charge is 0.345 e. The zero-order valence-corrected chi connectivity index (χ0v) is 8.36. The van der Waals surface area contributed by atoms with Crippen LogP contribution in [0.1, 0.15) is 9.67 Å². The van der Waals surface area contributed by atoms with Gasteiger partial charge in [0.2, 0.25) is 0 Å². The summed E-state index contributed by atoms with van der Waals surface area (Å²) in [5.74, 6) is -0.878. The number of aromatic carboxylic acids is 1. The Hall–Kier alpha value is -1.88. The third-order valence-electron chi connectivity index (χ3n) is 1.83. The van der Waals surface area contributed by atoms with Crippen LogP contribution in [0.3, 0.4) is 0 Å². The van der Waals surface area contributed by atoms with E-state index in [1.165, 1.54) is 12.3 Å². The predicted molar refractivity (Wildman–Crippen MR) is 56.2 cm³/mol. The highest BCUT2D eigenvalue weighted by Crippen LogP contribution is 2.29. The second kappa shape index (κ2) is 3.70. The van der Waals surface area contributed by atoms with E-state index < -0.39 is 5.97 Å². The maximum absolute atomic E-state index is 10.7. The summed E-state index contributed by atoms with van der Waals surface area (Å²) in [6.07, 6.45) is 2.91. The first-order valence-corrected chi connectivity index (χ1v) is 4.96. The van der Waals surface area contributed by atoms with Gasteiger partial charge in [-0.1, -0.05) is 0 Å². The molecule has 0 aliphatic carbocycles. The van der Waals surface area contributed by atoms with Crippen LogP contribution in [-0.2, 0) is 0 Å². The molecular weight excluding hydrogens is 214 g/mol. The molecule has 2 aromatic heterocycles. The normalized spacial score (nSPS) is 10.1. The van der Waals surface area contributed by atoms with Crippen LogP contribution in [0.4, 0.5) is 0 Å². The maximum atomic E-state index is 10.7. The number of thiophene rings is 1. The van der Waals surface area contributed by atoms with Gasteiger partial charge in [-0.15, -0.1) is 11.3 Å². The topological polar surface area (TPSA) is 70.4 Å². The van der Waals surface area contributed by atoms with Gasteiger partial charge in [0.1, 0.15) is 10.6 Å². The first-order valence-electron chi connectivity index (χ1n) is 4.14. The molecule has 4 nitrogen and oxygen atoms in total. The number of carboxylic acids is 1. The molecule has 0 aliphatic heterocycles. The lowest BCUT2D eigenvalue weighted by Crippen LogP contribution is -1.89. The van der Waals surface area contributed by atoms with Crippen molar-refractivity contribution in [2.24, 2.45) is 0 Å². The van der Waals surface area contributed by atoms with E-state index >= 15 is 0 Å². The predicted octanol–water partition coefficient (Wildman–Crippen LogP) is 2.21. The van der Waals surface area contributed by atoms with E-state index in [4.69, 9.17) is 5.11 Å². The molecule has 0 atom stereocenters. The average molecular weight is 221 g/mol. The molecule has 0 fully saturated rings. The van der Waals surface area contributed by atoms with Crippen molar-refractivity contribution in [3.05, 3.63) is 35.5 Å². The lowest BCUT2D eigenvalue weighted by molar-refractivity contribution is 0.0702. The fourth-order valence-corrected chi connectivity index (χ4v) is 2.00. The van der Waals surface area contributed by atoms with Crippen LogP contribution < -0.4 is 0 Å². The van der Waals surface area contributed by atoms with Crippen LogP contribution in [0, 0.1) is 0 Å². The summed E-state index contributed by atoms with van der Waals surface area (Å²) in [6, 6.07) is 4.78. The lowest BCUT2D eigenvalue weighted by Gasteiger charge is -1.96. The van der Waals surface area contributed by atoms with E-state index in [0.717, 1.165) is 16.2 Å². The number of hydrogen-bond acceptors (Lipinski definition) is 4. The van der Waals surface area contributed by atoms with Crippen molar-refractivity contribution < 1.29 is 15.0 Å². The summed E-state index contributed by atoms with van der Waals surface area (Å²) in [5.41, 5.74) is 0.715. The van der Waals surface area contributed by atoms with Crippen LogP contribution >= 0.6 is 11.3 Å². The van der Waals surface area contributed by atoms with Gasteiger partial charge >= 0.3 is 5.97 Å². The van der Waals surface area contributed by atoms with E-state index in [1.807, 2.05) is 0 Å². The molecule has 2 rings (SSSR count). The summed E-state index contributed by atoms with van der Waals surface area (Å²) in [5, 5.41) is 18.0. The van der Waals surface area contributed by atoms with Crippen LogP contribution in [0.25, 0.3) is 10.4 Å². The number of hydrogen-bond donors (Lipinski definition) is 2. The number of carbonyl (C=O) groups is 1. The van der Waals surface area contributed by atoms with Crippen molar-refractivity contribution in [3.63, 3.8) is 0 Å². The molecule has 2 aromatic rings. The number of aromatic hydroxyl groups is 1. The van der Waals surface area contributed by atoms with Gasteiger partial charge in [-0.25, -0.2) is 4.79 Å². The molecule has 0 saturated carbocycles. The molecule has 76 valence electrons. The quantitative estimate of drug-likeness (QED) is 0.815. The number of rotatable bonds is 2. The second-order valence-electron chi connectivity index (χ2n) is 2.90. The first-order chi connectivity index (χ1) is 7.16. The Kier molecular flexibility index (Phi) is 2.39. The molecule has 0 amide bonds. The minimum atomic E-state index is -0.945. The van der Waals surface area contributed by atoms with E-state index in [0.29, 0.717) is 5.56 Å². The van der Waals surface area contributed by atoms with Crippen LogP contribution in [-0.4, -0.2) is 21.2 Å². The van der Waals surface area contributed by atoms with Crippen molar-refractivity contribution in [3.8, 4) is 16.2 Å². The van der Waals surface area contributed by atoms with Crippen molar-refractivity contribution in [2.75, 3.05) is 0 Å². The van der Waals surface area contributed by atoms with Gasteiger partial charge in [-0.3, -0.25) is 4.98 Å². The maximum Gasteiger partial charge on any atom is 0.345 e. The van der Waals surface area contributed by atoms with Gasteiger partial charge in [0.15, 0.2) is 0 Å². The Balaban J connectivity index is 2.41. The number of aromatic nitrogens is 1. The van der Waals surface area contributed by atoms with Gasteiger partial charge in [0.25, 0.3) is 0 Å². The molecule has 0 saturated heterocycles. The van der Waals surface area contributed by atoms with Crippen molar-refractivity contribution in [1.29, 1.82) is 0 Å². The summed E-state index contributed by atoms with van der Waals surface area (Å²) in [4.78, 5) is 15.5. The first kappa shape index (κ1) is 9.67. The largest absolute Gasteiger partial charge is 0.506 e. The molecule has 2 heterocycles. The van der Waals surface area contributed by atoms with Crippen molar-refractivity contribution >= 4 is 17.3 Å². The Bertz CT molecular complexity index is 507. The Morgan fingerprint density at radius 2 is 2.13 bits per heavy atom. The Labute approximate surface area is 89.5 Å². The molecule has 0 aromatic carbocycles. The third-order valence-corrected chi connectivity index (χ3v) is 2.95. The van der Waals surface area contributed by atoms with E-state index in [2.05, 4.69) is 4.98 Å². The molecule has 0 bridgehead atoms. The van der Waals surface area contributed by atoms with Gasteiger partial charge in [-0.2, -0.15) is 0 Å². The monoisotopic (exact) mass is 221 g/mol. The zero-order valence-electron chi connectivity index (χ0n) is 7.54. The third kappa shape index (κ3) is 1.97. The standard InChI is InChI=1S/C10H7NO3S/c12-7-3-6(4-11-5-7)8-1-2-9(15-8)10(13)14/h1-5,12H,(H,13,14). The van der Waals surface area contributed by atoms with Gasteiger partial charge in [0.05, 0.1) is 6.20 Å². The number of pyridine rings is 1. The molecule has 2 N–H and O–H groups in total. The molecule has 0 radical (unpaired) electrons. The summed E-state index contributed by atoms with van der Waals surface area (Å²) in [6.45, 7) is 0. The highest BCUT2D eigenvalue weighted by atomic mass is 32.1. The van der Waals surface area contributed by atoms with E-state index in [-0.39, 0.29) is 10.6 Å². The van der Waals surface area contributed by atoms with Gasteiger partial charge in [-0.05, 0) is 18.2 Å². The molecule has 0 spiro atoms. The highest BCUT2D eigenvalue weighted by molar-refractivity contribution is 7.17. The van der Waals surface area contributed by atoms with E-state index in [1.54, 1.807) is 18.3 Å². The molecular formula is C10H7NO3S. The van der Waals surface area contributed by atoms with Crippen LogP contribution in [0.5, 0.6) is 5.75 Å². The molecule has 15 heavy (non-hydrogen) atoms. The van der Waals surface area contributed by atoms with Crippen LogP contribution in [0.15, 0.2) is 30.6 Å². The van der Waals surface area contributed by atoms with Crippen molar-refractivity contribution in [1.82, 2.24) is 4.98 Å². The summed E-state index contributed by atoms with van der Waals surface area (Å²) >= 11 is 1.15. The lowest BCUT2D eigenvalue weighted by atomic mass is 10.2. The number of carboxylic acid groups (broad SMARTS) is 1. The minimum Gasteiger partial charge on any atom is -0.506 e. The Morgan fingerprint density at radius 3 is 2.73 bits per heavy atom. The van der Waals surface area contributed by atoms with Crippen molar-refractivity contribution in [2.45, 2.75) is 0 Å². The average Bonchev–Trinajstić information content (AvgIpc) is 2.66. The van der Waals surface area contributed by atoms with Gasteiger partial charge in [0, 0.05) is 16.6 Å². The summed E-state index contributed by atoms with van der Waals surface area (Å²) < 4.78 is 0. The van der Waals surface area contributed by atoms with Gasteiger partial charge < -0.3 is 10.2 Å². The SMILES string of the molecule is O=C(O)c1ccc(-c2cncc(O)c2)s1. The van der Waals surface area contributed by atoms with Crippen LogP contribution in [0.2, 0.25) is 0 Å². The van der Waals surface area contributed by atoms with E-state index in [9.17, 15) is 9.90 Å². The highest BCUT2D eigenvalue weighted by Gasteiger charge is 2.08. The second-order valence-corrected chi connectivity index (χ2v) is 3.98. The molecule has 0 unspecified atom stereocenters.